The van der Waals surface area contributed by atoms with Gasteiger partial charge >= 0.3 is 0 Å². The molecule has 0 aromatic heterocycles. The molecular formula is C46H87N9O16. The predicted octanol–water partition coefficient (Wildman–Crippen LogP) is -0.708. The molecule has 25 heteroatoms. The Hall–Kier alpha value is -4.44. The van der Waals surface area contributed by atoms with E-state index in [1.165, 1.54) is 0 Å². The van der Waals surface area contributed by atoms with Crippen LogP contribution >= 0.6 is 0 Å². The molecule has 0 spiro atoms. The van der Waals surface area contributed by atoms with E-state index in [1.54, 1.807) is 13.8 Å². The lowest BCUT2D eigenvalue weighted by Crippen LogP contribution is -2.47. The maximum atomic E-state index is 12.5. The van der Waals surface area contributed by atoms with Gasteiger partial charge in [-0.15, -0.1) is 0 Å². The number of oxime groups is 2. The molecule has 0 aliphatic rings. The summed E-state index contributed by atoms with van der Waals surface area (Å²) in [4.78, 5) is 70.1. The first kappa shape index (κ1) is 66.6. The van der Waals surface area contributed by atoms with Gasteiger partial charge in [0.1, 0.15) is 32.7 Å². The largest absolute Gasteiger partial charge is 0.411 e. The van der Waals surface area contributed by atoms with E-state index in [2.05, 4.69) is 47.5 Å². The summed E-state index contributed by atoms with van der Waals surface area (Å²) in [5.74, 6) is -1.09. The van der Waals surface area contributed by atoms with Gasteiger partial charge in [0.05, 0.1) is 102 Å². The normalized spacial score (nSPS) is 12.6. The van der Waals surface area contributed by atoms with Crippen molar-refractivity contribution in [2.45, 2.75) is 91.1 Å². The summed E-state index contributed by atoms with van der Waals surface area (Å²) in [5.41, 5.74) is 0.242. The Kier molecular flexibility index (Phi) is 41.5. The molecule has 0 aliphatic carbocycles. The van der Waals surface area contributed by atoms with Crippen LogP contribution in [0.5, 0.6) is 0 Å². The fraction of sp³-hybridized carbons (Fsp3) is 0.826. The zero-order valence-corrected chi connectivity index (χ0v) is 43.2. The lowest BCUT2D eigenvalue weighted by molar-refractivity contribution is -0.131. The number of carbonyl (C=O) groups is 6. The molecule has 0 rings (SSSR count). The lowest BCUT2D eigenvalue weighted by Gasteiger charge is -2.28. The molecule has 0 saturated heterocycles. The highest BCUT2D eigenvalue weighted by atomic mass is 16.6. The molecule has 0 unspecified atom stereocenters. The van der Waals surface area contributed by atoms with E-state index in [-0.39, 0.29) is 101 Å². The standard InChI is InChI=1S/C46H87N9O16/c1-37(54-62)45(3,4)52-14-11-39(12-15-53-46(5,6)38(2)55-63)10-13-47-40(57)8-7-9-41(58)48-16-21-64-26-30-68-32-28-66-23-18-50-43(60)35-71-36-44(61)51-19-24-67-29-33-69-31-27-65-22-17-49-42(59)34-70-25-20-56/h20,39,52-53,62-63H,7-19,21-36H2,1-6H3,(H,47,57)(H,48,58)(H,49,59)(H,50,60)(H,51,61)/b54-37-,55-38-. The number of ether oxygens (including phenoxy) is 8. The molecule has 0 aliphatic heterocycles. The predicted molar refractivity (Wildman–Crippen MR) is 263 cm³/mol. The second kappa shape index (κ2) is 44.3. The molecular weight excluding hydrogens is 935 g/mol. The highest BCUT2D eigenvalue weighted by Gasteiger charge is 2.24. The summed E-state index contributed by atoms with van der Waals surface area (Å²) in [7, 11) is 0. The molecule has 25 nitrogen and oxygen atoms in total. The number of nitrogens with zero attached hydrogens (tertiary/aromatic N) is 2. The number of aldehydes is 1. The molecule has 0 saturated carbocycles. The minimum Gasteiger partial charge on any atom is -0.411 e. The zero-order chi connectivity index (χ0) is 52.9. The molecule has 0 bridgehead atoms. The monoisotopic (exact) mass is 1020 g/mol. The van der Waals surface area contributed by atoms with Gasteiger partial charge < -0.3 is 90.3 Å². The molecule has 412 valence electrons. The maximum Gasteiger partial charge on any atom is 0.246 e. The van der Waals surface area contributed by atoms with Gasteiger partial charge in [-0.05, 0) is 86.2 Å². The van der Waals surface area contributed by atoms with Crippen LogP contribution in [0.25, 0.3) is 0 Å². The third-order valence-electron chi connectivity index (χ3n) is 10.7. The summed E-state index contributed by atoms with van der Waals surface area (Å²) in [6.07, 6.45) is 3.89. The summed E-state index contributed by atoms with van der Waals surface area (Å²) in [5, 5.41) is 45.5. The molecule has 71 heavy (non-hydrogen) atoms. The topological polar surface area (TPSA) is 326 Å². The van der Waals surface area contributed by atoms with Crippen LogP contribution in [0.15, 0.2) is 10.3 Å². The summed E-state index contributed by atoms with van der Waals surface area (Å²) < 4.78 is 42.4. The van der Waals surface area contributed by atoms with Crippen molar-refractivity contribution in [2.24, 2.45) is 16.2 Å². The van der Waals surface area contributed by atoms with Crippen LogP contribution in [-0.4, -0.2) is 220 Å². The van der Waals surface area contributed by atoms with Crippen molar-refractivity contribution in [3.63, 3.8) is 0 Å². The van der Waals surface area contributed by atoms with Crippen molar-refractivity contribution in [3.05, 3.63) is 0 Å². The van der Waals surface area contributed by atoms with E-state index < -0.39 is 11.1 Å². The number of nitrogens with one attached hydrogen (secondary N) is 7. The van der Waals surface area contributed by atoms with Gasteiger partial charge in [0.15, 0.2) is 0 Å². The Labute approximate surface area is 419 Å². The van der Waals surface area contributed by atoms with Crippen LogP contribution in [0.2, 0.25) is 0 Å². The highest BCUT2D eigenvalue weighted by Crippen LogP contribution is 2.15. The van der Waals surface area contributed by atoms with Gasteiger partial charge in [-0.2, -0.15) is 0 Å². The first-order valence-corrected chi connectivity index (χ1v) is 24.3. The van der Waals surface area contributed by atoms with Crippen LogP contribution in [0.4, 0.5) is 0 Å². The van der Waals surface area contributed by atoms with Crippen LogP contribution in [0.1, 0.15) is 80.1 Å². The number of rotatable bonds is 49. The Morgan fingerprint density at radius 1 is 0.451 bits per heavy atom. The van der Waals surface area contributed by atoms with E-state index in [0.717, 1.165) is 19.3 Å². The van der Waals surface area contributed by atoms with Crippen LogP contribution in [0.3, 0.4) is 0 Å². The average molecular weight is 1020 g/mol. The third-order valence-corrected chi connectivity index (χ3v) is 10.7. The van der Waals surface area contributed by atoms with E-state index in [1.807, 2.05) is 27.7 Å². The fourth-order valence-corrected chi connectivity index (χ4v) is 5.84. The van der Waals surface area contributed by atoms with Crippen LogP contribution < -0.4 is 37.2 Å². The molecule has 0 heterocycles. The average Bonchev–Trinajstić information content (AvgIpc) is 3.33. The second-order valence-corrected chi connectivity index (χ2v) is 17.2. The van der Waals surface area contributed by atoms with Crippen molar-refractivity contribution >= 4 is 47.2 Å². The molecule has 0 aromatic carbocycles. The van der Waals surface area contributed by atoms with Crippen molar-refractivity contribution in [1.29, 1.82) is 0 Å². The van der Waals surface area contributed by atoms with E-state index >= 15 is 0 Å². The van der Waals surface area contributed by atoms with E-state index in [4.69, 9.17) is 37.9 Å². The van der Waals surface area contributed by atoms with Crippen molar-refractivity contribution in [3.8, 4) is 0 Å². The molecule has 0 fully saturated rings. The van der Waals surface area contributed by atoms with Gasteiger partial charge in [-0.1, -0.05) is 10.3 Å². The minimum absolute atomic E-state index is 0.109. The molecule has 9 N–H and O–H groups in total. The number of hydrogen-bond donors (Lipinski definition) is 9. The number of carbonyl (C=O) groups excluding carboxylic acids is 6. The third kappa shape index (κ3) is 40.8. The summed E-state index contributed by atoms with van der Waals surface area (Å²) in [6.45, 7) is 17.4. The Morgan fingerprint density at radius 2 is 0.761 bits per heavy atom. The first-order chi connectivity index (χ1) is 34.1. The van der Waals surface area contributed by atoms with Crippen LogP contribution in [-0.2, 0) is 66.7 Å². The van der Waals surface area contributed by atoms with Gasteiger partial charge in [0.2, 0.25) is 29.5 Å². The van der Waals surface area contributed by atoms with Gasteiger partial charge in [-0.3, -0.25) is 24.0 Å². The summed E-state index contributed by atoms with van der Waals surface area (Å²) >= 11 is 0. The summed E-state index contributed by atoms with van der Waals surface area (Å²) in [6, 6.07) is 0. The molecule has 0 radical (unpaired) electrons. The Morgan fingerprint density at radius 3 is 1.11 bits per heavy atom. The highest BCUT2D eigenvalue weighted by molar-refractivity contribution is 5.90. The SMILES string of the molecule is C/C(=N/O)C(C)(C)NCCC(CCNC(=O)CCCC(=O)NCCOCCOCCOCCNC(=O)COCC(=O)NCCOCCOCCOCCNC(=O)COCC=O)CCNC(C)(C)/C(C)=N\O. The lowest BCUT2D eigenvalue weighted by atomic mass is 9.94. The number of amides is 5. The van der Waals surface area contributed by atoms with Crippen LogP contribution in [0, 0.1) is 5.92 Å². The van der Waals surface area contributed by atoms with E-state index in [9.17, 15) is 39.2 Å². The van der Waals surface area contributed by atoms with E-state index in [0.29, 0.717) is 123 Å². The maximum absolute atomic E-state index is 12.5. The zero-order valence-electron chi connectivity index (χ0n) is 43.2. The second-order valence-electron chi connectivity index (χ2n) is 17.2. The van der Waals surface area contributed by atoms with Gasteiger partial charge in [0.25, 0.3) is 0 Å². The molecule has 0 atom stereocenters. The van der Waals surface area contributed by atoms with Crippen molar-refractivity contribution in [1.82, 2.24) is 37.2 Å². The first-order valence-electron chi connectivity index (χ1n) is 24.3. The Balaban J connectivity index is 3.79. The molecule has 0 aromatic rings. The minimum atomic E-state index is -0.463. The smallest absolute Gasteiger partial charge is 0.246 e. The van der Waals surface area contributed by atoms with Gasteiger partial charge in [-0.25, -0.2) is 0 Å². The van der Waals surface area contributed by atoms with Crippen molar-refractivity contribution in [2.75, 3.05) is 152 Å². The number of hydrogen-bond acceptors (Lipinski definition) is 20. The Bertz CT molecular complexity index is 1470. The quantitative estimate of drug-likeness (QED) is 0.0120. The molecule has 5 amide bonds. The van der Waals surface area contributed by atoms with Crippen molar-refractivity contribution < 1.29 is 77.1 Å². The van der Waals surface area contributed by atoms with Gasteiger partial charge in [0, 0.05) is 45.6 Å². The fourth-order valence-electron chi connectivity index (χ4n) is 5.84.